The summed E-state index contributed by atoms with van der Waals surface area (Å²) in [7, 11) is 1.86. The molecule has 1 atom stereocenters. The number of fused-ring (bicyclic) bond motifs is 1. The van der Waals surface area contributed by atoms with Gasteiger partial charge in [-0.25, -0.2) is 4.39 Å². The first-order valence-electron chi connectivity index (χ1n) is 10.6. The van der Waals surface area contributed by atoms with Gasteiger partial charge in [-0.15, -0.1) is 0 Å². The van der Waals surface area contributed by atoms with Crippen LogP contribution < -0.4 is 10.2 Å². The van der Waals surface area contributed by atoms with Crippen LogP contribution >= 0.6 is 0 Å². The summed E-state index contributed by atoms with van der Waals surface area (Å²) in [5, 5.41) is 6.63. The van der Waals surface area contributed by atoms with E-state index in [-0.39, 0.29) is 35.6 Å². The van der Waals surface area contributed by atoms with Crippen LogP contribution in [0.2, 0.25) is 0 Å². The van der Waals surface area contributed by atoms with E-state index in [4.69, 9.17) is 0 Å². The Balaban J connectivity index is 1.43. The summed E-state index contributed by atoms with van der Waals surface area (Å²) in [4.78, 5) is 52.7. The molecule has 3 aliphatic rings. The van der Waals surface area contributed by atoms with E-state index in [2.05, 4.69) is 10.4 Å². The van der Waals surface area contributed by atoms with Gasteiger partial charge in [0.15, 0.2) is 0 Å². The third kappa shape index (κ3) is 3.17. The van der Waals surface area contributed by atoms with E-state index in [1.165, 1.54) is 12.1 Å². The van der Waals surface area contributed by atoms with Gasteiger partial charge in [-0.3, -0.25) is 34.1 Å². The van der Waals surface area contributed by atoms with Gasteiger partial charge in [0, 0.05) is 38.7 Å². The number of piperidine rings is 2. The van der Waals surface area contributed by atoms with Crippen molar-refractivity contribution in [3.8, 4) is 0 Å². The Kier molecular flexibility index (Phi) is 4.79. The van der Waals surface area contributed by atoms with Gasteiger partial charge in [0.1, 0.15) is 11.9 Å². The fourth-order valence-electron chi connectivity index (χ4n) is 4.87. The number of aromatic nitrogens is 2. The van der Waals surface area contributed by atoms with Gasteiger partial charge < -0.3 is 4.90 Å². The Morgan fingerprint density at radius 1 is 1.03 bits per heavy atom. The number of nitrogens with zero attached hydrogens (tertiary/aromatic N) is 4. The quantitative estimate of drug-likeness (QED) is 0.724. The van der Waals surface area contributed by atoms with Gasteiger partial charge in [0.05, 0.1) is 22.5 Å². The molecule has 0 bridgehead atoms. The minimum atomic E-state index is -1.08. The number of hydrogen-bond acceptors (Lipinski definition) is 6. The second-order valence-electron chi connectivity index (χ2n) is 8.44. The zero-order valence-electron chi connectivity index (χ0n) is 17.5. The zero-order valence-corrected chi connectivity index (χ0v) is 17.5. The standard InChI is InChI=1S/C22H22FN5O4/c1-26-9-8-15(25-26)12-6-10-27(11-7-12)19-14(23)3-2-13-18(19)22(32)28(21(13)31)16-4-5-17(29)24-20(16)30/h2-3,8-9,12,16H,4-7,10-11H2,1H3,(H,24,29,30). The van der Waals surface area contributed by atoms with Crippen LogP contribution in [0.15, 0.2) is 24.4 Å². The normalized spacial score (nSPS) is 21.9. The van der Waals surface area contributed by atoms with Crippen LogP contribution in [0.5, 0.6) is 0 Å². The molecule has 1 N–H and O–H groups in total. The first-order valence-corrected chi connectivity index (χ1v) is 10.6. The molecule has 0 spiro atoms. The van der Waals surface area contributed by atoms with Gasteiger partial charge in [-0.2, -0.15) is 5.10 Å². The van der Waals surface area contributed by atoms with Crippen LogP contribution in [0, 0.1) is 5.82 Å². The van der Waals surface area contributed by atoms with E-state index in [1.54, 1.807) is 9.58 Å². The van der Waals surface area contributed by atoms with Crippen LogP contribution in [0.3, 0.4) is 0 Å². The topological polar surface area (TPSA) is 105 Å². The predicted octanol–water partition coefficient (Wildman–Crippen LogP) is 1.34. The summed E-state index contributed by atoms with van der Waals surface area (Å²) in [6.45, 7) is 1.02. The first kappa shape index (κ1) is 20.3. The van der Waals surface area contributed by atoms with E-state index in [1.807, 2.05) is 19.3 Å². The number of carbonyl (C=O) groups excluding carboxylic acids is 4. The maximum Gasteiger partial charge on any atom is 0.264 e. The van der Waals surface area contributed by atoms with Crippen molar-refractivity contribution in [3.05, 3.63) is 47.0 Å². The number of imide groups is 2. The number of benzene rings is 1. The Hall–Kier alpha value is -3.56. The number of anilines is 1. The predicted molar refractivity (Wildman–Crippen MR) is 110 cm³/mol. The summed E-state index contributed by atoms with van der Waals surface area (Å²) in [6, 6.07) is 3.38. The highest BCUT2D eigenvalue weighted by Gasteiger charge is 2.47. The highest BCUT2D eigenvalue weighted by atomic mass is 19.1. The fraction of sp³-hybridized carbons (Fsp3) is 0.409. The average molecular weight is 439 g/mol. The number of carbonyl (C=O) groups is 4. The van der Waals surface area contributed by atoms with Gasteiger partial charge >= 0.3 is 0 Å². The van der Waals surface area contributed by atoms with Crippen LogP contribution in [0.25, 0.3) is 0 Å². The van der Waals surface area contributed by atoms with Crippen molar-refractivity contribution >= 4 is 29.3 Å². The molecule has 9 nitrogen and oxygen atoms in total. The number of rotatable bonds is 3. The van der Waals surface area contributed by atoms with Crippen molar-refractivity contribution in [2.45, 2.75) is 37.6 Å². The van der Waals surface area contributed by atoms with E-state index >= 15 is 0 Å². The molecule has 4 amide bonds. The number of hydrogen-bond donors (Lipinski definition) is 1. The van der Waals surface area contributed by atoms with Crippen molar-refractivity contribution in [1.82, 2.24) is 20.0 Å². The van der Waals surface area contributed by atoms with Crippen molar-refractivity contribution in [3.63, 3.8) is 0 Å². The zero-order chi connectivity index (χ0) is 22.6. The lowest BCUT2D eigenvalue weighted by Crippen LogP contribution is -2.54. The third-order valence-electron chi connectivity index (χ3n) is 6.50. The average Bonchev–Trinajstić information content (AvgIpc) is 3.30. The molecule has 3 aliphatic heterocycles. The largest absolute Gasteiger partial charge is 0.368 e. The van der Waals surface area contributed by atoms with E-state index in [0.717, 1.165) is 23.4 Å². The second-order valence-corrected chi connectivity index (χ2v) is 8.44. The minimum absolute atomic E-state index is 0.00372. The number of nitrogens with one attached hydrogen (secondary N) is 1. The molecule has 2 saturated heterocycles. The van der Waals surface area contributed by atoms with Gasteiger partial charge in [0.2, 0.25) is 11.8 Å². The summed E-state index contributed by atoms with van der Waals surface area (Å²) in [6.07, 6.45) is 3.45. The molecule has 0 saturated carbocycles. The highest BCUT2D eigenvalue weighted by Crippen LogP contribution is 2.38. The summed E-state index contributed by atoms with van der Waals surface area (Å²) >= 11 is 0. The number of halogens is 1. The molecular weight excluding hydrogens is 417 g/mol. The van der Waals surface area contributed by atoms with Crippen molar-refractivity contribution < 1.29 is 23.6 Å². The molecule has 2 fully saturated rings. The lowest BCUT2D eigenvalue weighted by molar-refractivity contribution is -0.136. The molecule has 5 rings (SSSR count). The lowest BCUT2D eigenvalue weighted by atomic mass is 9.92. The van der Waals surface area contributed by atoms with Gasteiger partial charge in [0.25, 0.3) is 11.8 Å². The van der Waals surface area contributed by atoms with Gasteiger partial charge in [-0.05, 0) is 37.5 Å². The van der Waals surface area contributed by atoms with Crippen LogP contribution in [-0.4, -0.2) is 57.4 Å². The molecule has 1 unspecified atom stereocenters. The molecule has 0 aliphatic carbocycles. The number of amides is 4. The molecule has 166 valence electrons. The van der Waals surface area contributed by atoms with Crippen LogP contribution in [0.4, 0.5) is 10.1 Å². The Bertz CT molecular complexity index is 1150. The maximum absolute atomic E-state index is 15.0. The first-order chi connectivity index (χ1) is 15.3. The van der Waals surface area contributed by atoms with Crippen LogP contribution in [0.1, 0.15) is 58.0 Å². The summed E-state index contributed by atoms with van der Waals surface area (Å²) in [5.74, 6) is -2.79. The molecule has 0 radical (unpaired) electrons. The number of aryl methyl sites for hydroxylation is 1. The molecule has 4 heterocycles. The van der Waals surface area contributed by atoms with E-state index < -0.39 is 35.5 Å². The molecule has 1 aromatic carbocycles. The fourth-order valence-corrected chi connectivity index (χ4v) is 4.87. The monoisotopic (exact) mass is 439 g/mol. The van der Waals surface area contributed by atoms with Gasteiger partial charge in [-0.1, -0.05) is 0 Å². The van der Waals surface area contributed by atoms with E-state index in [9.17, 15) is 23.6 Å². The molecule has 32 heavy (non-hydrogen) atoms. The molecule has 10 heteroatoms. The highest BCUT2D eigenvalue weighted by molar-refractivity contribution is 6.25. The Morgan fingerprint density at radius 3 is 2.44 bits per heavy atom. The van der Waals surface area contributed by atoms with E-state index in [0.29, 0.717) is 13.1 Å². The SMILES string of the molecule is Cn1ccc(C2CCN(c3c(F)ccc4c3C(=O)N(C3CCC(=O)NC3=O)C4=O)CC2)n1. The van der Waals surface area contributed by atoms with Crippen molar-refractivity contribution in [2.24, 2.45) is 7.05 Å². The Morgan fingerprint density at radius 2 is 1.78 bits per heavy atom. The second kappa shape index (κ2) is 7.54. The Labute approximate surface area is 183 Å². The lowest BCUT2D eigenvalue weighted by Gasteiger charge is -2.34. The smallest absolute Gasteiger partial charge is 0.264 e. The summed E-state index contributed by atoms with van der Waals surface area (Å²) < 4.78 is 16.7. The third-order valence-corrected chi connectivity index (χ3v) is 6.50. The summed E-state index contributed by atoms with van der Waals surface area (Å²) in [5.41, 5.74) is 1.18. The van der Waals surface area contributed by atoms with Crippen molar-refractivity contribution in [1.29, 1.82) is 0 Å². The minimum Gasteiger partial charge on any atom is -0.368 e. The molecular formula is C22H22FN5O4. The molecule has 2 aromatic rings. The van der Waals surface area contributed by atoms with Crippen molar-refractivity contribution in [2.75, 3.05) is 18.0 Å². The molecule has 1 aromatic heterocycles. The maximum atomic E-state index is 15.0. The van der Waals surface area contributed by atoms with Crippen LogP contribution in [-0.2, 0) is 16.6 Å².